The molecule has 2 aromatic rings. The maximum atomic E-state index is 14.1. The Labute approximate surface area is 116 Å². The zero-order valence-corrected chi connectivity index (χ0v) is 11.0. The summed E-state index contributed by atoms with van der Waals surface area (Å²) >= 11 is 0. The molecule has 1 saturated carbocycles. The third-order valence-corrected chi connectivity index (χ3v) is 4.20. The fourth-order valence-corrected chi connectivity index (χ4v) is 2.90. The lowest BCUT2D eigenvalue weighted by molar-refractivity contribution is 0.143. The van der Waals surface area contributed by atoms with Crippen molar-refractivity contribution in [1.29, 1.82) is 0 Å². The van der Waals surface area contributed by atoms with Gasteiger partial charge in [0.15, 0.2) is 17.8 Å². The molecular formula is C15H16FN3O. The van der Waals surface area contributed by atoms with Crippen LogP contribution in [0.1, 0.15) is 54.8 Å². The molecule has 3 unspecified atom stereocenters. The van der Waals surface area contributed by atoms with E-state index in [1.165, 1.54) is 0 Å². The van der Waals surface area contributed by atoms with Crippen molar-refractivity contribution in [2.75, 3.05) is 0 Å². The lowest BCUT2D eigenvalue weighted by Crippen LogP contribution is -2.09. The summed E-state index contributed by atoms with van der Waals surface area (Å²) in [6, 6.07) is 9.66. The van der Waals surface area contributed by atoms with E-state index in [0.29, 0.717) is 18.1 Å². The molecule has 1 aromatic carbocycles. The first-order valence-electron chi connectivity index (χ1n) is 7.07. The Kier molecular flexibility index (Phi) is 2.63. The minimum atomic E-state index is -1.10. The summed E-state index contributed by atoms with van der Waals surface area (Å²) < 4.78 is 15.8. The van der Waals surface area contributed by atoms with E-state index < -0.39 is 12.3 Å². The van der Waals surface area contributed by atoms with Gasteiger partial charge in [0.25, 0.3) is 0 Å². The van der Waals surface area contributed by atoms with Crippen molar-refractivity contribution in [2.45, 2.75) is 37.6 Å². The molecule has 2 heterocycles. The summed E-state index contributed by atoms with van der Waals surface area (Å²) in [6.07, 6.45) is 0.641. The minimum Gasteiger partial charge on any atom is -0.385 e. The Balaban J connectivity index is 1.71. The van der Waals surface area contributed by atoms with Crippen molar-refractivity contribution < 1.29 is 9.50 Å². The highest BCUT2D eigenvalue weighted by Crippen LogP contribution is 2.43. The number of nitrogens with zero attached hydrogens (tertiary/aromatic N) is 3. The topological polar surface area (TPSA) is 50.9 Å². The van der Waals surface area contributed by atoms with Crippen LogP contribution in [-0.2, 0) is 0 Å². The Bertz CT molecular complexity index is 623. The van der Waals surface area contributed by atoms with Crippen LogP contribution in [0.3, 0.4) is 0 Å². The van der Waals surface area contributed by atoms with Crippen LogP contribution in [0.15, 0.2) is 30.3 Å². The molecule has 1 aliphatic heterocycles. The van der Waals surface area contributed by atoms with Gasteiger partial charge in [-0.3, -0.25) is 0 Å². The van der Waals surface area contributed by atoms with Crippen LogP contribution in [-0.4, -0.2) is 19.9 Å². The first-order valence-corrected chi connectivity index (χ1v) is 7.07. The van der Waals surface area contributed by atoms with Crippen LogP contribution in [0.25, 0.3) is 0 Å². The molecule has 1 N–H and O–H groups in total. The van der Waals surface area contributed by atoms with Gasteiger partial charge in [-0.15, -0.1) is 0 Å². The number of fused-ring (bicyclic) bond motifs is 1. The third-order valence-electron chi connectivity index (χ3n) is 4.20. The van der Waals surface area contributed by atoms with E-state index in [9.17, 15) is 9.50 Å². The second-order valence-corrected chi connectivity index (χ2v) is 5.68. The molecule has 0 spiro atoms. The van der Waals surface area contributed by atoms with Gasteiger partial charge in [0, 0.05) is 6.42 Å². The maximum Gasteiger partial charge on any atom is 0.179 e. The van der Waals surface area contributed by atoms with Crippen LogP contribution < -0.4 is 0 Å². The molecule has 0 bridgehead atoms. The van der Waals surface area contributed by atoms with Crippen LogP contribution in [0.4, 0.5) is 4.39 Å². The highest BCUT2D eigenvalue weighted by Gasteiger charge is 2.39. The Morgan fingerprint density at radius 2 is 2.00 bits per heavy atom. The van der Waals surface area contributed by atoms with E-state index in [4.69, 9.17) is 0 Å². The zero-order chi connectivity index (χ0) is 13.7. The highest BCUT2D eigenvalue weighted by molar-refractivity contribution is 5.23. The lowest BCUT2D eigenvalue weighted by atomic mass is 10.0. The Hall–Kier alpha value is -1.75. The quantitative estimate of drug-likeness (QED) is 0.935. The minimum absolute atomic E-state index is 0.117. The van der Waals surface area contributed by atoms with Gasteiger partial charge in [-0.05, 0) is 24.3 Å². The second-order valence-electron chi connectivity index (χ2n) is 5.68. The summed E-state index contributed by atoms with van der Waals surface area (Å²) in [5.41, 5.74) is 1.03. The number of halogens is 1. The molecule has 1 aliphatic carbocycles. The van der Waals surface area contributed by atoms with Crippen molar-refractivity contribution >= 4 is 0 Å². The molecule has 4 nitrogen and oxygen atoms in total. The second kappa shape index (κ2) is 4.38. The average Bonchev–Trinajstić information content (AvgIpc) is 3.15. The smallest absolute Gasteiger partial charge is 0.179 e. The zero-order valence-electron chi connectivity index (χ0n) is 11.0. The summed E-state index contributed by atoms with van der Waals surface area (Å²) in [7, 11) is 0. The van der Waals surface area contributed by atoms with Gasteiger partial charge in [-0.25, -0.2) is 14.1 Å². The molecule has 0 amide bonds. The fraction of sp³-hybridized carbons (Fsp3) is 0.467. The van der Waals surface area contributed by atoms with E-state index in [1.54, 1.807) is 4.68 Å². The predicted molar refractivity (Wildman–Crippen MR) is 70.8 cm³/mol. The Morgan fingerprint density at radius 1 is 1.25 bits per heavy atom. The molecule has 0 saturated heterocycles. The monoisotopic (exact) mass is 273 g/mol. The normalized spacial score (nSPS) is 26.5. The maximum absolute atomic E-state index is 14.1. The molecule has 20 heavy (non-hydrogen) atoms. The molecule has 3 atom stereocenters. The number of aliphatic hydroxyl groups is 1. The van der Waals surface area contributed by atoms with E-state index in [2.05, 4.69) is 10.1 Å². The van der Waals surface area contributed by atoms with Gasteiger partial charge in [-0.2, -0.15) is 5.10 Å². The summed E-state index contributed by atoms with van der Waals surface area (Å²) in [5.74, 6) is 0.991. The molecule has 5 heteroatoms. The van der Waals surface area contributed by atoms with Crippen LogP contribution in [0.5, 0.6) is 0 Å². The summed E-state index contributed by atoms with van der Waals surface area (Å²) in [5, 5.41) is 14.5. The van der Waals surface area contributed by atoms with Crippen molar-refractivity contribution in [3.8, 4) is 0 Å². The number of hydrogen-bond acceptors (Lipinski definition) is 3. The van der Waals surface area contributed by atoms with Crippen molar-refractivity contribution in [1.82, 2.24) is 14.8 Å². The number of benzene rings is 1. The van der Waals surface area contributed by atoms with Gasteiger partial charge >= 0.3 is 0 Å². The van der Waals surface area contributed by atoms with Gasteiger partial charge in [-0.1, -0.05) is 30.3 Å². The molecule has 4 rings (SSSR count). The Morgan fingerprint density at radius 3 is 2.70 bits per heavy atom. The third kappa shape index (κ3) is 1.85. The number of aliphatic hydroxyl groups excluding tert-OH is 1. The van der Waals surface area contributed by atoms with Gasteiger partial charge in [0.05, 0.1) is 6.04 Å². The standard InChI is InChI=1S/C15H16FN3O/c16-11-8-12(9-4-2-1-3-5-9)19-15(11)17-14(18-19)13(20)10-6-7-10/h1-5,10-13,20H,6-8H2. The first-order chi connectivity index (χ1) is 9.74. The van der Waals surface area contributed by atoms with Crippen molar-refractivity contribution in [3.63, 3.8) is 0 Å². The first kappa shape index (κ1) is 12.0. The average molecular weight is 273 g/mol. The number of hydrogen-bond donors (Lipinski definition) is 1. The molecule has 0 radical (unpaired) electrons. The van der Waals surface area contributed by atoms with Crippen LogP contribution in [0.2, 0.25) is 0 Å². The SMILES string of the molecule is OC(c1nc2n(n1)C(c1ccccc1)CC2F)C1CC1. The van der Waals surface area contributed by atoms with Crippen LogP contribution in [0, 0.1) is 5.92 Å². The number of aromatic nitrogens is 3. The molecule has 104 valence electrons. The van der Waals surface area contributed by atoms with Gasteiger partial charge in [0.2, 0.25) is 0 Å². The lowest BCUT2D eigenvalue weighted by Gasteiger charge is -2.12. The fourth-order valence-electron chi connectivity index (χ4n) is 2.90. The predicted octanol–water partition coefficient (Wildman–Crippen LogP) is 2.73. The number of rotatable bonds is 3. The molecule has 1 aromatic heterocycles. The van der Waals surface area contributed by atoms with Crippen molar-refractivity contribution in [2.24, 2.45) is 5.92 Å². The highest BCUT2D eigenvalue weighted by atomic mass is 19.1. The molecule has 1 fully saturated rings. The molecular weight excluding hydrogens is 257 g/mol. The van der Waals surface area contributed by atoms with Crippen molar-refractivity contribution in [3.05, 3.63) is 47.5 Å². The molecule has 2 aliphatic rings. The summed E-state index contributed by atoms with van der Waals surface area (Å²) in [4.78, 5) is 4.24. The van der Waals surface area contributed by atoms with Gasteiger partial charge < -0.3 is 5.11 Å². The van der Waals surface area contributed by atoms with E-state index >= 15 is 0 Å². The largest absolute Gasteiger partial charge is 0.385 e. The summed E-state index contributed by atoms with van der Waals surface area (Å²) in [6.45, 7) is 0. The van der Waals surface area contributed by atoms with E-state index in [-0.39, 0.29) is 12.0 Å². The van der Waals surface area contributed by atoms with Crippen LogP contribution >= 0.6 is 0 Å². The van der Waals surface area contributed by atoms with Gasteiger partial charge in [0.1, 0.15) is 6.10 Å². The number of alkyl halides is 1. The van der Waals surface area contributed by atoms with E-state index in [1.807, 2.05) is 30.3 Å². The van der Waals surface area contributed by atoms with E-state index in [0.717, 1.165) is 18.4 Å².